The smallest absolute Gasteiger partial charge is 0.410 e. The quantitative estimate of drug-likeness (QED) is 0.370. The zero-order chi connectivity index (χ0) is 32.0. The van der Waals surface area contributed by atoms with Crippen LogP contribution in [0.4, 0.5) is 24.3 Å². The van der Waals surface area contributed by atoms with E-state index in [-0.39, 0.29) is 30.9 Å². The number of benzene rings is 1. The van der Waals surface area contributed by atoms with Gasteiger partial charge >= 0.3 is 12.2 Å². The van der Waals surface area contributed by atoms with Crippen LogP contribution in [-0.4, -0.2) is 77.6 Å². The molecule has 12 heteroatoms. The molecular formula is C32H45F2N5O5. The molecule has 2 amide bonds. The number of aromatic nitrogens is 2. The monoisotopic (exact) mass is 617 g/mol. The minimum absolute atomic E-state index is 0.121. The SMILES string of the molecule is CC(C)OC(=O)N1CCC(C(C)CCOc2cnc(N3CC(NC(=O)OC(C)(C)C)C(c4cc(F)ccc4F)C3)nc2)CC1. The zero-order valence-electron chi connectivity index (χ0n) is 26.5. The van der Waals surface area contributed by atoms with Crippen molar-refractivity contribution in [2.75, 3.05) is 37.7 Å². The van der Waals surface area contributed by atoms with Crippen LogP contribution in [0.25, 0.3) is 0 Å². The second kappa shape index (κ2) is 14.4. The Bertz CT molecular complexity index is 1260. The second-order valence-electron chi connectivity index (χ2n) is 13.0. The largest absolute Gasteiger partial charge is 0.490 e. The lowest BCUT2D eigenvalue weighted by Gasteiger charge is -2.34. The summed E-state index contributed by atoms with van der Waals surface area (Å²) in [5.74, 6) is 0.205. The number of rotatable bonds is 9. The van der Waals surface area contributed by atoms with E-state index in [2.05, 4.69) is 22.2 Å². The average molecular weight is 618 g/mol. The van der Waals surface area contributed by atoms with E-state index >= 15 is 0 Å². The molecule has 2 aromatic rings. The van der Waals surface area contributed by atoms with Crippen molar-refractivity contribution in [1.82, 2.24) is 20.2 Å². The number of halogens is 2. The van der Waals surface area contributed by atoms with Gasteiger partial charge in [0.1, 0.15) is 17.2 Å². The van der Waals surface area contributed by atoms with Crippen LogP contribution in [-0.2, 0) is 9.47 Å². The van der Waals surface area contributed by atoms with E-state index in [0.29, 0.717) is 43.2 Å². The third-order valence-corrected chi connectivity index (χ3v) is 8.06. The van der Waals surface area contributed by atoms with Crippen LogP contribution in [0, 0.1) is 23.5 Å². The first-order valence-electron chi connectivity index (χ1n) is 15.4. The molecule has 3 heterocycles. The van der Waals surface area contributed by atoms with Crippen LogP contribution >= 0.6 is 0 Å². The van der Waals surface area contributed by atoms with Gasteiger partial charge in [-0.15, -0.1) is 0 Å². The highest BCUT2D eigenvalue weighted by molar-refractivity contribution is 5.69. The molecule has 242 valence electrons. The molecule has 4 rings (SSSR count). The van der Waals surface area contributed by atoms with Gasteiger partial charge in [-0.05, 0) is 89.5 Å². The third-order valence-electron chi connectivity index (χ3n) is 8.06. The summed E-state index contributed by atoms with van der Waals surface area (Å²) in [4.78, 5) is 37.3. The molecule has 10 nitrogen and oxygen atoms in total. The first kappa shape index (κ1) is 33.2. The first-order chi connectivity index (χ1) is 20.8. The molecule has 0 aliphatic carbocycles. The highest BCUT2D eigenvalue weighted by Gasteiger charge is 2.38. The Morgan fingerprint density at radius 2 is 1.75 bits per heavy atom. The first-order valence-corrected chi connectivity index (χ1v) is 15.4. The van der Waals surface area contributed by atoms with Crippen LogP contribution in [0.3, 0.4) is 0 Å². The standard InChI is InChI=1S/C32H45F2N5O5/c1-20(2)43-31(41)38-12-9-22(10-13-38)21(3)11-14-42-24-16-35-29(36-17-24)39-18-26(25-15-23(33)7-8-27(25)34)28(19-39)37-30(40)44-32(4,5)6/h7-8,15-17,20-22,26,28H,9-14,18-19H2,1-6H3,(H,37,40). The summed E-state index contributed by atoms with van der Waals surface area (Å²) in [5, 5.41) is 2.82. The Morgan fingerprint density at radius 3 is 2.39 bits per heavy atom. The number of hydrogen-bond acceptors (Lipinski definition) is 8. The molecule has 0 saturated carbocycles. The number of ether oxygens (including phenoxy) is 3. The van der Waals surface area contributed by atoms with Crippen molar-refractivity contribution < 1.29 is 32.6 Å². The second-order valence-corrected chi connectivity index (χ2v) is 13.0. The minimum atomic E-state index is -0.709. The van der Waals surface area contributed by atoms with Crippen molar-refractivity contribution >= 4 is 18.1 Å². The Balaban J connectivity index is 1.31. The summed E-state index contributed by atoms with van der Waals surface area (Å²) in [6.45, 7) is 13.7. The molecule has 44 heavy (non-hydrogen) atoms. The van der Waals surface area contributed by atoms with Crippen molar-refractivity contribution in [3.05, 3.63) is 47.8 Å². The number of carbonyl (C=O) groups excluding carboxylic acids is 2. The summed E-state index contributed by atoms with van der Waals surface area (Å²) >= 11 is 0. The van der Waals surface area contributed by atoms with Gasteiger partial charge in [0, 0.05) is 32.1 Å². The number of hydrogen-bond donors (Lipinski definition) is 1. The van der Waals surface area contributed by atoms with Crippen LogP contribution in [0.1, 0.15) is 72.3 Å². The van der Waals surface area contributed by atoms with Gasteiger partial charge in [-0.3, -0.25) is 0 Å². The van der Waals surface area contributed by atoms with Gasteiger partial charge in [-0.25, -0.2) is 28.3 Å². The molecule has 2 aliphatic heterocycles. The Hall–Kier alpha value is -3.70. The molecule has 3 unspecified atom stereocenters. The van der Waals surface area contributed by atoms with E-state index in [0.717, 1.165) is 37.5 Å². The van der Waals surface area contributed by atoms with Gasteiger partial charge < -0.3 is 29.3 Å². The van der Waals surface area contributed by atoms with E-state index in [9.17, 15) is 18.4 Å². The van der Waals surface area contributed by atoms with Gasteiger partial charge in [-0.1, -0.05) is 6.92 Å². The van der Waals surface area contributed by atoms with E-state index in [1.165, 1.54) is 0 Å². The maximum absolute atomic E-state index is 14.8. The molecule has 1 aromatic carbocycles. The van der Waals surface area contributed by atoms with Crippen LogP contribution < -0.4 is 15.0 Å². The lowest BCUT2D eigenvalue weighted by molar-refractivity contribution is 0.0503. The average Bonchev–Trinajstić information content (AvgIpc) is 3.36. The summed E-state index contributed by atoms with van der Waals surface area (Å²) in [5.41, 5.74) is -0.539. The Labute approximate surface area is 258 Å². The summed E-state index contributed by atoms with van der Waals surface area (Å²) < 4.78 is 45.5. The number of carbonyl (C=O) groups is 2. The van der Waals surface area contributed by atoms with Gasteiger partial charge in [0.2, 0.25) is 5.95 Å². The molecule has 0 bridgehead atoms. The lowest BCUT2D eigenvalue weighted by Crippen LogP contribution is -2.43. The van der Waals surface area contributed by atoms with Gasteiger partial charge in [0.15, 0.2) is 5.75 Å². The van der Waals surface area contributed by atoms with Gasteiger partial charge in [0.05, 0.1) is 31.1 Å². The lowest BCUT2D eigenvalue weighted by atomic mass is 9.84. The molecule has 0 spiro atoms. The maximum Gasteiger partial charge on any atom is 0.410 e. The summed E-state index contributed by atoms with van der Waals surface area (Å²) in [6.07, 6.45) is 4.93. The predicted molar refractivity (Wildman–Crippen MR) is 162 cm³/mol. The molecular weight excluding hydrogens is 572 g/mol. The minimum Gasteiger partial charge on any atom is -0.490 e. The molecule has 2 fully saturated rings. The number of likely N-dealkylation sites (tertiary alicyclic amines) is 1. The Kier molecular flexibility index (Phi) is 10.9. The topological polar surface area (TPSA) is 106 Å². The van der Waals surface area contributed by atoms with Gasteiger partial charge in [-0.2, -0.15) is 0 Å². The molecule has 0 radical (unpaired) electrons. The van der Waals surface area contributed by atoms with Crippen LogP contribution in [0.15, 0.2) is 30.6 Å². The highest BCUT2D eigenvalue weighted by atomic mass is 19.1. The van der Waals surface area contributed by atoms with Crippen molar-refractivity contribution in [1.29, 1.82) is 0 Å². The highest BCUT2D eigenvalue weighted by Crippen LogP contribution is 2.33. The van der Waals surface area contributed by atoms with Gasteiger partial charge in [0.25, 0.3) is 0 Å². The number of alkyl carbamates (subject to hydrolysis) is 1. The molecule has 1 aromatic heterocycles. The summed E-state index contributed by atoms with van der Waals surface area (Å²) in [7, 11) is 0. The van der Waals surface area contributed by atoms with E-state index in [1.807, 2.05) is 18.7 Å². The van der Waals surface area contributed by atoms with Crippen molar-refractivity contribution in [3.63, 3.8) is 0 Å². The van der Waals surface area contributed by atoms with Crippen molar-refractivity contribution in [2.24, 2.45) is 11.8 Å². The number of amides is 2. The fourth-order valence-corrected chi connectivity index (χ4v) is 5.76. The fraction of sp³-hybridized carbons (Fsp3) is 0.625. The van der Waals surface area contributed by atoms with Crippen molar-refractivity contribution in [2.45, 2.75) is 84.5 Å². The van der Waals surface area contributed by atoms with Crippen LogP contribution in [0.5, 0.6) is 5.75 Å². The van der Waals surface area contributed by atoms with Crippen LogP contribution in [0.2, 0.25) is 0 Å². The van der Waals surface area contributed by atoms with E-state index in [1.54, 1.807) is 38.1 Å². The normalized spacial score (nSPS) is 20.0. The fourth-order valence-electron chi connectivity index (χ4n) is 5.76. The molecule has 2 aliphatic rings. The number of piperidine rings is 1. The number of nitrogens with one attached hydrogen (secondary N) is 1. The molecule has 3 atom stereocenters. The Morgan fingerprint density at radius 1 is 1.07 bits per heavy atom. The molecule has 2 saturated heterocycles. The van der Waals surface area contributed by atoms with E-state index < -0.39 is 35.3 Å². The third kappa shape index (κ3) is 9.15. The van der Waals surface area contributed by atoms with Crippen molar-refractivity contribution in [3.8, 4) is 5.75 Å². The predicted octanol–water partition coefficient (Wildman–Crippen LogP) is 5.91. The summed E-state index contributed by atoms with van der Waals surface area (Å²) in [6, 6.07) is 2.76. The van der Waals surface area contributed by atoms with E-state index in [4.69, 9.17) is 14.2 Å². The molecule has 1 N–H and O–H groups in total. The zero-order valence-corrected chi connectivity index (χ0v) is 26.5. The maximum atomic E-state index is 14.8. The number of nitrogens with zero attached hydrogens (tertiary/aromatic N) is 4. The number of anilines is 1.